The van der Waals surface area contributed by atoms with Crippen LogP contribution in [-0.2, 0) is 4.18 Å². The minimum atomic E-state index is 0.394. The van der Waals surface area contributed by atoms with Crippen molar-refractivity contribution in [3.8, 4) is 0 Å². The summed E-state index contributed by atoms with van der Waals surface area (Å²) in [5.41, 5.74) is 3.57. The van der Waals surface area contributed by atoms with Gasteiger partial charge in [-0.2, -0.15) is 0 Å². The first kappa shape index (κ1) is 19.1. The smallest absolute Gasteiger partial charge is 0.140 e. The van der Waals surface area contributed by atoms with Crippen LogP contribution < -0.4 is 5.14 Å². The minimum Gasteiger partial charge on any atom is -0.414 e. The Morgan fingerprint density at radius 2 is 2.16 bits per heavy atom. The van der Waals surface area contributed by atoms with Gasteiger partial charge in [0.15, 0.2) is 0 Å². The molecule has 0 aliphatic heterocycles. The summed E-state index contributed by atoms with van der Waals surface area (Å²) in [5.74, 6) is 4.85. The highest BCUT2D eigenvalue weighted by molar-refractivity contribution is 7.92. The number of allylic oxidation sites excluding steroid dienone is 5. The predicted molar refractivity (Wildman–Crippen MR) is 108 cm³/mol. The van der Waals surface area contributed by atoms with Gasteiger partial charge in [0.1, 0.15) is 18.0 Å². The van der Waals surface area contributed by atoms with Crippen LogP contribution in [-0.4, -0.2) is 0 Å². The summed E-state index contributed by atoms with van der Waals surface area (Å²) >= 11 is 0.950. The Hall–Kier alpha value is -0.670. The van der Waals surface area contributed by atoms with E-state index in [1.807, 2.05) is 0 Å². The first-order valence-electron chi connectivity index (χ1n) is 10.0. The summed E-state index contributed by atoms with van der Waals surface area (Å²) < 4.78 is 5.47. The van der Waals surface area contributed by atoms with Crippen molar-refractivity contribution in [2.75, 3.05) is 0 Å². The number of rotatable bonds is 4. The van der Waals surface area contributed by atoms with Gasteiger partial charge < -0.3 is 4.18 Å². The van der Waals surface area contributed by atoms with E-state index in [1.54, 1.807) is 5.57 Å². The second kappa shape index (κ2) is 7.52. The molecule has 25 heavy (non-hydrogen) atoms. The molecule has 0 aromatic rings. The maximum Gasteiger partial charge on any atom is 0.140 e. The average molecular weight is 362 g/mol. The number of hydrogen-bond acceptors (Lipinski definition) is 3. The van der Waals surface area contributed by atoms with Crippen molar-refractivity contribution in [3.63, 3.8) is 0 Å². The van der Waals surface area contributed by atoms with Gasteiger partial charge in [0.05, 0.1) is 0 Å². The molecule has 3 fully saturated rings. The molecule has 0 heterocycles. The molecule has 0 aromatic carbocycles. The molecule has 3 aliphatic carbocycles. The van der Waals surface area contributed by atoms with Crippen LogP contribution in [0.5, 0.6) is 0 Å². The lowest BCUT2D eigenvalue weighted by Gasteiger charge is -2.53. The fraction of sp³-hybridized carbons (Fsp3) is 0.727. The van der Waals surface area contributed by atoms with E-state index in [1.165, 1.54) is 37.7 Å². The highest BCUT2D eigenvalue weighted by atomic mass is 32.2. The van der Waals surface area contributed by atoms with Crippen molar-refractivity contribution >= 4 is 12.2 Å². The Morgan fingerprint density at radius 1 is 1.40 bits per heavy atom. The highest BCUT2D eigenvalue weighted by Gasteiger charge is 2.54. The monoisotopic (exact) mass is 361 g/mol. The van der Waals surface area contributed by atoms with Gasteiger partial charge in [0.25, 0.3) is 0 Å². The zero-order valence-electron chi connectivity index (χ0n) is 16.4. The van der Waals surface area contributed by atoms with Gasteiger partial charge in [-0.25, -0.2) is 5.14 Å². The molecule has 0 amide bonds. The Bertz CT molecular complexity index is 581. The largest absolute Gasteiger partial charge is 0.414 e. The van der Waals surface area contributed by atoms with Crippen LogP contribution in [0.25, 0.3) is 0 Å². The molecule has 0 saturated heterocycles. The van der Waals surface area contributed by atoms with Crippen LogP contribution in [0.15, 0.2) is 35.6 Å². The zero-order valence-corrected chi connectivity index (χ0v) is 17.2. The second-order valence-corrected chi connectivity index (χ2v) is 9.19. The van der Waals surface area contributed by atoms with E-state index >= 15 is 0 Å². The fourth-order valence-corrected chi connectivity index (χ4v) is 6.54. The van der Waals surface area contributed by atoms with Crippen molar-refractivity contribution in [1.29, 1.82) is 0 Å². The average Bonchev–Trinajstić information content (AvgIpc) is 2.88. The number of nitrogens with two attached hydrogens (primary N) is 1. The Balaban J connectivity index is 1.90. The van der Waals surface area contributed by atoms with Gasteiger partial charge in [-0.1, -0.05) is 51.5 Å². The number of hydrogen-bond donors (Lipinski definition) is 1. The molecule has 0 bridgehead atoms. The lowest BCUT2D eigenvalue weighted by Crippen LogP contribution is -2.46. The molecule has 3 saturated carbocycles. The first-order chi connectivity index (χ1) is 11.9. The van der Waals surface area contributed by atoms with Crippen LogP contribution in [0, 0.1) is 35.0 Å². The summed E-state index contributed by atoms with van der Waals surface area (Å²) in [4.78, 5) is 0. The van der Waals surface area contributed by atoms with Crippen molar-refractivity contribution in [1.82, 2.24) is 0 Å². The van der Waals surface area contributed by atoms with Crippen LogP contribution in [0.4, 0.5) is 0 Å². The summed E-state index contributed by atoms with van der Waals surface area (Å²) in [5, 5.41) is 5.48. The molecule has 140 valence electrons. The molecular weight excluding hydrogens is 326 g/mol. The van der Waals surface area contributed by atoms with Crippen LogP contribution in [0.1, 0.15) is 66.2 Å². The SMILES string of the molecule is C=C1CCC2C3C(C)CC(C)/C(=C\C=C(/CC)OSN)C3CCC12C. The second-order valence-electron chi connectivity index (χ2n) is 8.84. The van der Waals surface area contributed by atoms with E-state index < -0.39 is 0 Å². The Morgan fingerprint density at radius 3 is 2.84 bits per heavy atom. The third-order valence-electron chi connectivity index (χ3n) is 7.63. The summed E-state index contributed by atoms with van der Waals surface area (Å²) in [6.45, 7) is 14.0. The van der Waals surface area contributed by atoms with E-state index in [0.29, 0.717) is 11.3 Å². The third-order valence-corrected chi connectivity index (χ3v) is 7.94. The third kappa shape index (κ3) is 3.35. The maximum absolute atomic E-state index is 5.48. The van der Waals surface area contributed by atoms with Gasteiger partial charge in [0, 0.05) is 6.42 Å². The van der Waals surface area contributed by atoms with Crippen molar-refractivity contribution in [2.45, 2.75) is 66.2 Å². The standard InChI is InChI=1S/C22H35NOS/c1-6-17(24-25-23)8-9-18-14(2)13-15(3)21-19(18)11-12-22(5)16(4)7-10-20(21)22/h8-9,14-15,19-21H,4,6-7,10-13,23H2,1-3,5H3/b17-8+,18-9+. The van der Waals surface area contributed by atoms with Gasteiger partial charge in [-0.15, -0.1) is 0 Å². The van der Waals surface area contributed by atoms with Crippen LogP contribution in [0.3, 0.4) is 0 Å². The fourth-order valence-electron chi connectivity index (χ4n) is 6.25. The molecule has 3 aliphatic rings. The van der Waals surface area contributed by atoms with Crippen molar-refractivity contribution < 1.29 is 4.18 Å². The van der Waals surface area contributed by atoms with E-state index in [4.69, 9.17) is 9.32 Å². The first-order valence-corrected chi connectivity index (χ1v) is 10.8. The van der Waals surface area contributed by atoms with Gasteiger partial charge >= 0.3 is 0 Å². The Kier molecular flexibility index (Phi) is 5.75. The van der Waals surface area contributed by atoms with Crippen LogP contribution >= 0.6 is 12.2 Å². The summed E-state index contributed by atoms with van der Waals surface area (Å²) in [6, 6.07) is 0. The summed E-state index contributed by atoms with van der Waals surface area (Å²) in [7, 11) is 0. The van der Waals surface area contributed by atoms with Gasteiger partial charge in [-0.3, -0.25) is 0 Å². The van der Waals surface area contributed by atoms with Gasteiger partial charge in [-0.05, 0) is 73.2 Å². The molecule has 3 heteroatoms. The molecular formula is C22H35NOS. The van der Waals surface area contributed by atoms with E-state index in [-0.39, 0.29) is 0 Å². The van der Waals surface area contributed by atoms with Crippen molar-refractivity contribution in [2.24, 2.45) is 40.1 Å². The predicted octanol–water partition coefficient (Wildman–Crippen LogP) is 6.42. The lowest BCUT2D eigenvalue weighted by molar-refractivity contribution is 0.0123. The van der Waals surface area contributed by atoms with E-state index in [9.17, 15) is 0 Å². The topological polar surface area (TPSA) is 35.2 Å². The molecule has 2 nitrogen and oxygen atoms in total. The molecule has 6 unspecified atom stereocenters. The van der Waals surface area contributed by atoms with Crippen molar-refractivity contribution in [3.05, 3.63) is 35.6 Å². The van der Waals surface area contributed by atoms with E-state index in [0.717, 1.165) is 48.1 Å². The van der Waals surface area contributed by atoms with Crippen LogP contribution in [0.2, 0.25) is 0 Å². The normalized spacial score (nSPS) is 43.1. The molecule has 2 N–H and O–H groups in total. The minimum absolute atomic E-state index is 0.394. The Labute approximate surface area is 158 Å². The quantitative estimate of drug-likeness (QED) is 0.271. The number of fused-ring (bicyclic) bond motifs is 3. The van der Waals surface area contributed by atoms with E-state index in [2.05, 4.69) is 46.4 Å². The highest BCUT2D eigenvalue weighted by Crippen LogP contribution is 2.63. The molecule has 3 rings (SSSR count). The lowest BCUT2D eigenvalue weighted by atomic mass is 9.51. The molecule has 0 spiro atoms. The molecule has 0 radical (unpaired) electrons. The molecule has 6 atom stereocenters. The van der Waals surface area contributed by atoms with Gasteiger partial charge in [0.2, 0.25) is 0 Å². The zero-order chi connectivity index (χ0) is 18.2. The summed E-state index contributed by atoms with van der Waals surface area (Å²) in [6.07, 6.45) is 12.0. The molecule has 0 aromatic heterocycles. The maximum atomic E-state index is 5.48.